The van der Waals surface area contributed by atoms with Crippen LogP contribution in [-0.2, 0) is 4.79 Å². The van der Waals surface area contributed by atoms with Gasteiger partial charge in [0.15, 0.2) is 0 Å². The molecule has 0 bridgehead atoms. The molecular weight excluding hydrogens is 269 g/mol. The van der Waals surface area contributed by atoms with Crippen LogP contribution in [0.5, 0.6) is 0 Å². The van der Waals surface area contributed by atoms with Crippen LogP contribution in [-0.4, -0.2) is 35.0 Å². The predicted molar refractivity (Wildman–Crippen MR) is 73.0 cm³/mol. The van der Waals surface area contributed by atoms with Crippen molar-refractivity contribution in [2.24, 2.45) is 0 Å². The molecule has 0 fully saturated rings. The number of rotatable bonds is 6. The number of halogens is 1. The molecule has 6 heteroatoms. The van der Waals surface area contributed by atoms with Gasteiger partial charge in [-0.1, -0.05) is 11.6 Å². The van der Waals surface area contributed by atoms with Crippen LogP contribution >= 0.6 is 11.8 Å². The minimum absolute atomic E-state index is 0.129. The molecule has 0 aliphatic heterocycles. The van der Waals surface area contributed by atoms with Gasteiger partial charge in [-0.2, -0.15) is 11.8 Å². The lowest BCUT2D eigenvalue weighted by Gasteiger charge is -2.14. The monoisotopic (exact) mass is 285 g/mol. The van der Waals surface area contributed by atoms with Crippen molar-refractivity contribution < 1.29 is 19.1 Å². The average Bonchev–Trinajstić information content (AvgIpc) is 2.36. The summed E-state index contributed by atoms with van der Waals surface area (Å²) in [7, 11) is 0. The van der Waals surface area contributed by atoms with Crippen LogP contribution in [0.2, 0.25) is 0 Å². The Morgan fingerprint density at radius 2 is 2.16 bits per heavy atom. The van der Waals surface area contributed by atoms with Gasteiger partial charge in [-0.05, 0) is 37.5 Å². The van der Waals surface area contributed by atoms with E-state index in [1.807, 2.05) is 6.26 Å². The maximum absolute atomic E-state index is 13.5. The quantitative estimate of drug-likeness (QED) is 0.839. The van der Waals surface area contributed by atoms with Gasteiger partial charge >= 0.3 is 5.97 Å². The Morgan fingerprint density at radius 3 is 2.74 bits per heavy atom. The Kier molecular flexibility index (Phi) is 5.82. The third-order valence-corrected chi connectivity index (χ3v) is 3.22. The molecule has 1 atom stereocenters. The van der Waals surface area contributed by atoms with Crippen LogP contribution in [0, 0.1) is 12.7 Å². The van der Waals surface area contributed by atoms with Gasteiger partial charge in [-0.15, -0.1) is 0 Å². The second-order valence-electron chi connectivity index (χ2n) is 4.13. The number of benzene rings is 1. The first-order chi connectivity index (χ1) is 8.95. The summed E-state index contributed by atoms with van der Waals surface area (Å²) in [6.07, 6.45) is 2.15. The molecule has 1 aromatic carbocycles. The van der Waals surface area contributed by atoms with Crippen molar-refractivity contribution in [1.29, 1.82) is 0 Å². The molecule has 1 rings (SSSR count). The average molecular weight is 285 g/mol. The van der Waals surface area contributed by atoms with Gasteiger partial charge in [0.25, 0.3) is 5.91 Å². The van der Waals surface area contributed by atoms with Crippen molar-refractivity contribution in [1.82, 2.24) is 5.32 Å². The number of hydrogen-bond donors (Lipinski definition) is 2. The molecular formula is C13H16FNO3S. The topological polar surface area (TPSA) is 66.4 Å². The summed E-state index contributed by atoms with van der Waals surface area (Å²) < 4.78 is 13.5. The van der Waals surface area contributed by atoms with Gasteiger partial charge in [-0.25, -0.2) is 9.18 Å². The molecule has 1 aromatic rings. The van der Waals surface area contributed by atoms with E-state index in [0.29, 0.717) is 12.2 Å². The third kappa shape index (κ3) is 4.55. The zero-order valence-electron chi connectivity index (χ0n) is 10.8. The van der Waals surface area contributed by atoms with Crippen LogP contribution in [0.1, 0.15) is 22.3 Å². The van der Waals surface area contributed by atoms with E-state index in [1.165, 1.54) is 23.9 Å². The van der Waals surface area contributed by atoms with Gasteiger partial charge in [-0.3, -0.25) is 4.79 Å². The number of carboxylic acid groups (broad SMARTS) is 1. The van der Waals surface area contributed by atoms with E-state index in [0.717, 1.165) is 5.56 Å². The molecule has 2 N–H and O–H groups in total. The molecule has 0 aliphatic rings. The van der Waals surface area contributed by atoms with Gasteiger partial charge < -0.3 is 10.4 Å². The van der Waals surface area contributed by atoms with Crippen molar-refractivity contribution in [3.05, 3.63) is 35.1 Å². The lowest BCUT2D eigenvalue weighted by molar-refractivity contribution is -0.139. The van der Waals surface area contributed by atoms with Crippen molar-refractivity contribution in [2.75, 3.05) is 12.0 Å². The number of carbonyl (C=O) groups is 2. The Balaban J connectivity index is 2.81. The van der Waals surface area contributed by atoms with Crippen molar-refractivity contribution in [2.45, 2.75) is 19.4 Å². The molecule has 0 radical (unpaired) electrons. The van der Waals surface area contributed by atoms with Crippen molar-refractivity contribution >= 4 is 23.6 Å². The Bertz CT molecular complexity index is 479. The Labute approximate surface area is 115 Å². The van der Waals surface area contributed by atoms with Crippen LogP contribution in [0.15, 0.2) is 18.2 Å². The predicted octanol–water partition coefficient (Wildman–Crippen LogP) is 2.07. The first-order valence-electron chi connectivity index (χ1n) is 5.74. The molecule has 19 heavy (non-hydrogen) atoms. The van der Waals surface area contributed by atoms with Crippen LogP contribution in [0.25, 0.3) is 0 Å². The fourth-order valence-corrected chi connectivity index (χ4v) is 2.01. The minimum Gasteiger partial charge on any atom is -0.480 e. The first-order valence-corrected chi connectivity index (χ1v) is 7.14. The number of aryl methyl sites for hydroxylation is 1. The fourth-order valence-electron chi connectivity index (χ4n) is 1.54. The number of carbonyl (C=O) groups excluding carboxylic acids is 1. The summed E-state index contributed by atoms with van der Waals surface area (Å²) in [4.78, 5) is 22.9. The van der Waals surface area contributed by atoms with Gasteiger partial charge in [0, 0.05) is 0 Å². The van der Waals surface area contributed by atoms with E-state index >= 15 is 0 Å². The van der Waals surface area contributed by atoms with E-state index in [9.17, 15) is 14.0 Å². The Hall–Kier alpha value is -1.56. The second kappa shape index (κ2) is 7.13. The summed E-state index contributed by atoms with van der Waals surface area (Å²) in [5, 5.41) is 11.3. The zero-order valence-corrected chi connectivity index (χ0v) is 11.6. The highest BCUT2D eigenvalue weighted by atomic mass is 32.2. The molecule has 104 valence electrons. The number of carboxylic acids is 1. The SMILES string of the molecule is CSCC[C@H](NC(=O)c1cc(C)ccc1F)C(=O)O. The highest BCUT2D eigenvalue weighted by Gasteiger charge is 2.21. The lowest BCUT2D eigenvalue weighted by Crippen LogP contribution is -2.41. The van der Waals surface area contributed by atoms with E-state index in [2.05, 4.69) is 5.32 Å². The lowest BCUT2D eigenvalue weighted by atomic mass is 10.1. The molecule has 0 saturated heterocycles. The number of nitrogens with one attached hydrogen (secondary N) is 1. The maximum atomic E-state index is 13.5. The van der Waals surface area contributed by atoms with E-state index in [-0.39, 0.29) is 5.56 Å². The first kappa shape index (κ1) is 15.5. The number of hydrogen-bond acceptors (Lipinski definition) is 3. The van der Waals surface area contributed by atoms with Gasteiger partial charge in [0.05, 0.1) is 5.56 Å². The van der Waals surface area contributed by atoms with E-state index in [4.69, 9.17) is 5.11 Å². The van der Waals surface area contributed by atoms with Gasteiger partial charge in [0.1, 0.15) is 11.9 Å². The summed E-state index contributed by atoms with van der Waals surface area (Å²) in [6.45, 7) is 1.73. The standard InChI is InChI=1S/C13H16FNO3S/c1-8-3-4-10(14)9(7-8)12(16)15-11(13(17)18)5-6-19-2/h3-4,7,11H,5-6H2,1-2H3,(H,15,16)(H,17,18)/t11-/m0/s1. The van der Waals surface area contributed by atoms with Crippen molar-refractivity contribution in [3.8, 4) is 0 Å². The zero-order chi connectivity index (χ0) is 14.4. The smallest absolute Gasteiger partial charge is 0.326 e. The molecule has 0 aliphatic carbocycles. The summed E-state index contributed by atoms with van der Waals surface area (Å²) in [5.74, 6) is -1.87. The third-order valence-electron chi connectivity index (χ3n) is 2.58. The normalized spacial score (nSPS) is 11.9. The van der Waals surface area contributed by atoms with E-state index < -0.39 is 23.7 Å². The summed E-state index contributed by atoms with van der Waals surface area (Å²) >= 11 is 1.49. The van der Waals surface area contributed by atoms with Crippen LogP contribution < -0.4 is 5.32 Å². The van der Waals surface area contributed by atoms with Gasteiger partial charge in [0.2, 0.25) is 0 Å². The molecule has 1 amide bonds. The number of aliphatic carboxylic acids is 1. The van der Waals surface area contributed by atoms with Crippen LogP contribution in [0.3, 0.4) is 0 Å². The highest BCUT2D eigenvalue weighted by Crippen LogP contribution is 2.11. The summed E-state index contributed by atoms with van der Waals surface area (Å²) in [6, 6.07) is 3.15. The Morgan fingerprint density at radius 1 is 1.47 bits per heavy atom. The van der Waals surface area contributed by atoms with Crippen LogP contribution in [0.4, 0.5) is 4.39 Å². The molecule has 0 aromatic heterocycles. The molecule has 0 saturated carbocycles. The molecule has 0 unspecified atom stereocenters. The van der Waals surface area contributed by atoms with E-state index in [1.54, 1.807) is 13.0 Å². The highest BCUT2D eigenvalue weighted by molar-refractivity contribution is 7.98. The molecule has 0 spiro atoms. The van der Waals surface area contributed by atoms with Crippen molar-refractivity contribution in [3.63, 3.8) is 0 Å². The second-order valence-corrected chi connectivity index (χ2v) is 5.11. The number of amides is 1. The summed E-state index contributed by atoms with van der Waals surface area (Å²) in [5.41, 5.74) is 0.609. The maximum Gasteiger partial charge on any atom is 0.326 e. The molecule has 4 nitrogen and oxygen atoms in total. The fraction of sp³-hybridized carbons (Fsp3) is 0.385. The number of thioether (sulfide) groups is 1. The molecule has 0 heterocycles. The minimum atomic E-state index is -1.12. The largest absolute Gasteiger partial charge is 0.480 e.